The number of carboxylic acids is 1. The summed E-state index contributed by atoms with van der Waals surface area (Å²) in [5, 5.41) is 10.2. The molecule has 2 heterocycles. The van der Waals surface area contributed by atoms with E-state index in [1.165, 1.54) is 43.4 Å². The molecule has 2 atom stereocenters. The van der Waals surface area contributed by atoms with Crippen LogP contribution in [0.4, 0.5) is 5.13 Å². The average molecular weight is 294 g/mol. The van der Waals surface area contributed by atoms with Crippen LogP contribution in [-0.4, -0.2) is 29.1 Å². The lowest BCUT2D eigenvalue weighted by Crippen LogP contribution is -2.41. The maximum Gasteiger partial charge on any atom is 0.347 e. The third-order valence-corrected chi connectivity index (χ3v) is 5.92. The minimum absolute atomic E-state index is 0.424. The van der Waals surface area contributed by atoms with Crippen LogP contribution in [0.1, 0.15) is 54.4 Å². The number of piperidine rings is 1. The number of rotatable bonds is 3. The van der Waals surface area contributed by atoms with Gasteiger partial charge in [0.2, 0.25) is 0 Å². The van der Waals surface area contributed by atoms with Crippen LogP contribution in [0.25, 0.3) is 0 Å². The van der Waals surface area contributed by atoms with Crippen LogP contribution >= 0.6 is 11.3 Å². The van der Waals surface area contributed by atoms with Gasteiger partial charge in [-0.3, -0.25) is 0 Å². The molecule has 1 aliphatic carbocycles. The molecule has 1 aliphatic heterocycles. The third kappa shape index (κ3) is 2.55. The van der Waals surface area contributed by atoms with Gasteiger partial charge in [0.25, 0.3) is 0 Å². The number of aryl methyl sites for hydroxylation is 1. The lowest BCUT2D eigenvalue weighted by Gasteiger charge is -2.41. The first kappa shape index (κ1) is 13.9. The molecule has 20 heavy (non-hydrogen) atoms. The maximum absolute atomic E-state index is 11.3. The van der Waals surface area contributed by atoms with E-state index in [0.717, 1.165) is 35.8 Å². The molecule has 1 aromatic heterocycles. The monoisotopic (exact) mass is 294 g/mol. The van der Waals surface area contributed by atoms with Crippen molar-refractivity contribution in [3.8, 4) is 0 Å². The number of hydrogen-bond acceptors (Lipinski definition) is 4. The molecular formula is C15H22N2O2S. The van der Waals surface area contributed by atoms with Gasteiger partial charge in [0, 0.05) is 13.1 Å². The normalized spacial score (nSPS) is 26.4. The second-order valence-electron chi connectivity index (χ2n) is 5.97. The van der Waals surface area contributed by atoms with Gasteiger partial charge in [-0.25, -0.2) is 9.78 Å². The zero-order chi connectivity index (χ0) is 14.1. The minimum atomic E-state index is -0.835. The van der Waals surface area contributed by atoms with Gasteiger partial charge >= 0.3 is 5.97 Å². The Hall–Kier alpha value is -1.10. The molecule has 0 spiro atoms. The highest BCUT2D eigenvalue weighted by Crippen LogP contribution is 2.38. The first-order valence-electron chi connectivity index (χ1n) is 7.67. The molecule has 0 bridgehead atoms. The van der Waals surface area contributed by atoms with E-state index in [0.29, 0.717) is 11.3 Å². The summed E-state index contributed by atoms with van der Waals surface area (Å²) in [6.07, 6.45) is 7.40. The van der Waals surface area contributed by atoms with Crippen LogP contribution in [0, 0.1) is 11.8 Å². The van der Waals surface area contributed by atoms with Gasteiger partial charge in [0.1, 0.15) is 4.88 Å². The number of hydrogen-bond donors (Lipinski definition) is 1. The van der Waals surface area contributed by atoms with Crippen molar-refractivity contribution in [2.45, 2.75) is 45.4 Å². The number of anilines is 1. The lowest BCUT2D eigenvalue weighted by atomic mass is 9.75. The molecule has 1 saturated carbocycles. The quantitative estimate of drug-likeness (QED) is 0.928. The number of carboxylic acid groups (broad SMARTS) is 1. The standard InChI is InChI=1S/C15H22N2O2S/c1-2-12-13(14(18)19)20-15(16-12)17-8-7-10-5-3-4-6-11(10)9-17/h10-11H,2-9H2,1H3,(H,18,19). The highest BCUT2D eigenvalue weighted by molar-refractivity contribution is 7.17. The Morgan fingerprint density at radius 2 is 2.10 bits per heavy atom. The smallest absolute Gasteiger partial charge is 0.347 e. The molecule has 0 aromatic carbocycles. The second-order valence-corrected chi connectivity index (χ2v) is 6.95. The van der Waals surface area contributed by atoms with Gasteiger partial charge in [-0.05, 0) is 31.1 Å². The summed E-state index contributed by atoms with van der Waals surface area (Å²) in [6, 6.07) is 0. The van der Waals surface area contributed by atoms with Gasteiger partial charge in [0.15, 0.2) is 5.13 Å². The van der Waals surface area contributed by atoms with Crippen LogP contribution in [0.2, 0.25) is 0 Å². The van der Waals surface area contributed by atoms with Crippen molar-refractivity contribution in [2.75, 3.05) is 18.0 Å². The summed E-state index contributed by atoms with van der Waals surface area (Å²) in [7, 11) is 0. The van der Waals surface area contributed by atoms with E-state index in [4.69, 9.17) is 0 Å². The summed E-state index contributed by atoms with van der Waals surface area (Å²) in [5.74, 6) is 0.849. The molecule has 2 fully saturated rings. The van der Waals surface area contributed by atoms with Crippen molar-refractivity contribution in [1.29, 1.82) is 0 Å². The fourth-order valence-corrected chi connectivity index (χ4v) is 4.68. The molecule has 1 aromatic rings. The molecule has 1 N–H and O–H groups in total. The van der Waals surface area contributed by atoms with Gasteiger partial charge in [-0.1, -0.05) is 37.5 Å². The van der Waals surface area contributed by atoms with Crippen LogP contribution in [0.5, 0.6) is 0 Å². The van der Waals surface area contributed by atoms with Crippen molar-refractivity contribution >= 4 is 22.4 Å². The van der Waals surface area contributed by atoms with E-state index < -0.39 is 5.97 Å². The number of fused-ring (bicyclic) bond motifs is 1. The number of aromatic carboxylic acids is 1. The zero-order valence-corrected chi connectivity index (χ0v) is 12.8. The number of thiazole rings is 1. The molecule has 4 nitrogen and oxygen atoms in total. The topological polar surface area (TPSA) is 53.4 Å². The van der Waals surface area contributed by atoms with Crippen LogP contribution in [0.3, 0.4) is 0 Å². The predicted octanol–water partition coefficient (Wildman–Crippen LogP) is 3.42. The van der Waals surface area contributed by atoms with Gasteiger partial charge < -0.3 is 10.0 Å². The van der Waals surface area contributed by atoms with E-state index in [-0.39, 0.29) is 0 Å². The van der Waals surface area contributed by atoms with E-state index in [2.05, 4.69) is 9.88 Å². The zero-order valence-electron chi connectivity index (χ0n) is 12.0. The Balaban J connectivity index is 1.77. The minimum Gasteiger partial charge on any atom is -0.477 e. The Kier molecular flexibility index (Phi) is 3.96. The highest BCUT2D eigenvalue weighted by Gasteiger charge is 2.32. The Bertz CT molecular complexity index is 500. The van der Waals surface area contributed by atoms with Crippen molar-refractivity contribution in [3.05, 3.63) is 10.6 Å². The lowest BCUT2D eigenvalue weighted by molar-refractivity contribution is 0.0701. The van der Waals surface area contributed by atoms with E-state index in [1.807, 2.05) is 6.92 Å². The molecule has 110 valence electrons. The largest absolute Gasteiger partial charge is 0.477 e. The fourth-order valence-electron chi connectivity index (χ4n) is 3.66. The van der Waals surface area contributed by atoms with E-state index in [9.17, 15) is 9.90 Å². The third-order valence-electron chi connectivity index (χ3n) is 4.78. The first-order valence-corrected chi connectivity index (χ1v) is 8.48. The van der Waals surface area contributed by atoms with Crippen LogP contribution in [-0.2, 0) is 6.42 Å². The Labute approximate surface area is 123 Å². The van der Waals surface area contributed by atoms with Crippen molar-refractivity contribution in [1.82, 2.24) is 4.98 Å². The summed E-state index contributed by atoms with van der Waals surface area (Å²) < 4.78 is 0. The molecule has 2 aliphatic rings. The van der Waals surface area contributed by atoms with Crippen LogP contribution < -0.4 is 4.90 Å². The van der Waals surface area contributed by atoms with Crippen molar-refractivity contribution in [3.63, 3.8) is 0 Å². The summed E-state index contributed by atoms with van der Waals surface area (Å²) in [6.45, 7) is 4.08. The van der Waals surface area contributed by atoms with Gasteiger partial charge in [-0.2, -0.15) is 0 Å². The highest BCUT2D eigenvalue weighted by atomic mass is 32.1. The fraction of sp³-hybridized carbons (Fsp3) is 0.733. The van der Waals surface area contributed by atoms with E-state index >= 15 is 0 Å². The van der Waals surface area contributed by atoms with Crippen molar-refractivity contribution in [2.24, 2.45) is 11.8 Å². The molecular weight excluding hydrogens is 272 g/mol. The SMILES string of the molecule is CCc1nc(N2CCC3CCCCC3C2)sc1C(=O)O. The molecule has 5 heteroatoms. The Morgan fingerprint density at radius 3 is 2.75 bits per heavy atom. The molecule has 3 rings (SSSR count). The van der Waals surface area contributed by atoms with Crippen LogP contribution in [0.15, 0.2) is 0 Å². The van der Waals surface area contributed by atoms with Gasteiger partial charge in [-0.15, -0.1) is 0 Å². The predicted molar refractivity (Wildman–Crippen MR) is 80.7 cm³/mol. The summed E-state index contributed by atoms with van der Waals surface area (Å²) in [5.41, 5.74) is 0.739. The second kappa shape index (κ2) is 5.72. The van der Waals surface area contributed by atoms with E-state index in [1.54, 1.807) is 0 Å². The number of aromatic nitrogens is 1. The van der Waals surface area contributed by atoms with Gasteiger partial charge in [0.05, 0.1) is 5.69 Å². The number of nitrogens with zero attached hydrogens (tertiary/aromatic N) is 2. The summed E-state index contributed by atoms with van der Waals surface area (Å²) >= 11 is 1.35. The maximum atomic E-state index is 11.3. The molecule has 1 saturated heterocycles. The Morgan fingerprint density at radius 1 is 1.35 bits per heavy atom. The molecule has 0 amide bonds. The van der Waals surface area contributed by atoms with Crippen molar-refractivity contribution < 1.29 is 9.90 Å². The molecule has 0 radical (unpaired) electrons. The number of carbonyl (C=O) groups is 1. The molecule has 2 unspecified atom stereocenters. The first-order chi connectivity index (χ1) is 9.69. The summed E-state index contributed by atoms with van der Waals surface area (Å²) in [4.78, 5) is 18.6. The average Bonchev–Trinajstić information content (AvgIpc) is 2.91.